The van der Waals surface area contributed by atoms with Crippen LogP contribution in [0.1, 0.15) is 39.0 Å². The zero-order valence-corrected chi connectivity index (χ0v) is 12.3. The minimum atomic E-state index is 0.0896. The monoisotopic (exact) mass is 279 g/mol. The van der Waals surface area contributed by atoms with E-state index in [2.05, 4.69) is 17.1 Å². The molecule has 0 aromatic rings. The van der Waals surface area contributed by atoms with E-state index in [0.29, 0.717) is 24.9 Å². The van der Waals surface area contributed by atoms with Gasteiger partial charge in [-0.05, 0) is 38.5 Å². The molecule has 4 heteroatoms. The third-order valence-corrected chi connectivity index (χ3v) is 4.79. The Morgan fingerprint density at radius 3 is 3.05 bits per heavy atom. The number of hydrogen-bond acceptors (Lipinski definition) is 3. The molecule has 0 aromatic heterocycles. The fourth-order valence-corrected chi connectivity index (χ4v) is 3.82. The molecule has 0 bridgehead atoms. The second-order valence-electron chi connectivity index (χ2n) is 6.03. The molecule has 20 heavy (non-hydrogen) atoms. The highest BCUT2D eigenvalue weighted by Crippen LogP contribution is 2.33. The van der Waals surface area contributed by atoms with Gasteiger partial charge in [-0.25, -0.2) is 0 Å². The molecule has 1 amide bonds. The maximum Gasteiger partial charge on any atom is 0.223 e. The standard InChI is InChI=1S/C16H25NO3/c1-2-19-14-8-7-13-16(14)20-10-9-17(13)15(18)11-12-5-3-4-6-12/h3,5,12-14,16H,2,4,6-11H2,1H3/t12-,13+,14-,16-/m1/s1. The van der Waals surface area contributed by atoms with Gasteiger partial charge in [0.15, 0.2) is 0 Å². The average molecular weight is 279 g/mol. The summed E-state index contributed by atoms with van der Waals surface area (Å²) in [7, 11) is 0. The van der Waals surface area contributed by atoms with Crippen LogP contribution in [-0.4, -0.2) is 48.8 Å². The second kappa shape index (κ2) is 6.27. The highest BCUT2D eigenvalue weighted by Gasteiger charge is 2.44. The summed E-state index contributed by atoms with van der Waals surface area (Å²) in [6, 6.07) is 0.234. The van der Waals surface area contributed by atoms with E-state index in [-0.39, 0.29) is 18.2 Å². The lowest BCUT2D eigenvalue weighted by molar-refractivity contribution is -0.151. The van der Waals surface area contributed by atoms with E-state index in [4.69, 9.17) is 9.47 Å². The van der Waals surface area contributed by atoms with Gasteiger partial charge in [0.1, 0.15) is 6.10 Å². The van der Waals surface area contributed by atoms with Crippen LogP contribution in [0.4, 0.5) is 0 Å². The van der Waals surface area contributed by atoms with E-state index in [9.17, 15) is 4.79 Å². The number of morpholine rings is 1. The molecule has 0 radical (unpaired) electrons. The lowest BCUT2D eigenvalue weighted by Crippen LogP contribution is -2.54. The Kier molecular flexibility index (Phi) is 4.41. The van der Waals surface area contributed by atoms with Crippen LogP contribution in [0.15, 0.2) is 12.2 Å². The summed E-state index contributed by atoms with van der Waals surface area (Å²) in [5, 5.41) is 0. The van der Waals surface area contributed by atoms with Gasteiger partial charge < -0.3 is 14.4 Å². The summed E-state index contributed by atoms with van der Waals surface area (Å²) >= 11 is 0. The van der Waals surface area contributed by atoms with Gasteiger partial charge in [0, 0.05) is 19.6 Å². The predicted octanol–water partition coefficient (Wildman–Crippen LogP) is 2.14. The summed E-state index contributed by atoms with van der Waals surface area (Å²) in [6.45, 7) is 4.13. The first-order valence-corrected chi connectivity index (χ1v) is 7.99. The van der Waals surface area contributed by atoms with E-state index in [0.717, 1.165) is 38.8 Å². The summed E-state index contributed by atoms with van der Waals surface area (Å²) in [4.78, 5) is 14.6. The smallest absolute Gasteiger partial charge is 0.223 e. The van der Waals surface area contributed by atoms with Crippen LogP contribution in [0, 0.1) is 5.92 Å². The molecular formula is C16H25NO3. The van der Waals surface area contributed by atoms with E-state index in [1.165, 1.54) is 0 Å². The number of hydrogen-bond donors (Lipinski definition) is 0. The largest absolute Gasteiger partial charge is 0.376 e. The van der Waals surface area contributed by atoms with Crippen molar-refractivity contribution in [3.63, 3.8) is 0 Å². The Labute approximate surface area is 121 Å². The molecule has 1 saturated carbocycles. The quantitative estimate of drug-likeness (QED) is 0.740. The third-order valence-electron chi connectivity index (χ3n) is 4.79. The molecule has 2 aliphatic carbocycles. The van der Waals surface area contributed by atoms with Crippen molar-refractivity contribution in [2.45, 2.75) is 57.3 Å². The number of carbonyl (C=O) groups excluding carboxylic acids is 1. The van der Waals surface area contributed by atoms with Gasteiger partial charge >= 0.3 is 0 Å². The van der Waals surface area contributed by atoms with Crippen molar-refractivity contribution in [3.8, 4) is 0 Å². The van der Waals surface area contributed by atoms with Gasteiger partial charge in [0.05, 0.1) is 18.8 Å². The first kappa shape index (κ1) is 14.1. The van der Waals surface area contributed by atoms with Crippen molar-refractivity contribution in [2.24, 2.45) is 5.92 Å². The molecule has 3 rings (SSSR count). The SMILES string of the molecule is CCO[C@@H]1CC[C@H]2[C@H]1OCCN2C(=O)C[C@@H]1C=CCC1. The highest BCUT2D eigenvalue weighted by molar-refractivity contribution is 5.77. The fraction of sp³-hybridized carbons (Fsp3) is 0.812. The first-order valence-electron chi connectivity index (χ1n) is 7.99. The second-order valence-corrected chi connectivity index (χ2v) is 6.03. The van der Waals surface area contributed by atoms with Gasteiger partial charge in [0.2, 0.25) is 5.91 Å². The number of amides is 1. The molecular weight excluding hydrogens is 254 g/mol. The number of ether oxygens (including phenoxy) is 2. The van der Waals surface area contributed by atoms with Crippen LogP contribution < -0.4 is 0 Å². The third kappa shape index (κ3) is 2.77. The molecule has 112 valence electrons. The number of allylic oxidation sites excluding steroid dienone is 2. The Hall–Kier alpha value is -0.870. The minimum Gasteiger partial charge on any atom is -0.376 e. The molecule has 4 nitrogen and oxygen atoms in total. The van der Waals surface area contributed by atoms with Gasteiger partial charge in [-0.2, -0.15) is 0 Å². The van der Waals surface area contributed by atoms with Crippen LogP contribution in [0.5, 0.6) is 0 Å². The van der Waals surface area contributed by atoms with Crippen molar-refractivity contribution in [1.82, 2.24) is 4.90 Å². The van der Waals surface area contributed by atoms with Crippen molar-refractivity contribution < 1.29 is 14.3 Å². The van der Waals surface area contributed by atoms with E-state index >= 15 is 0 Å². The predicted molar refractivity (Wildman–Crippen MR) is 76.4 cm³/mol. The van der Waals surface area contributed by atoms with Gasteiger partial charge in [0.25, 0.3) is 0 Å². The normalized spacial score (nSPS) is 36.4. The number of nitrogens with zero attached hydrogens (tertiary/aromatic N) is 1. The Bertz CT molecular complexity index is 382. The summed E-state index contributed by atoms with van der Waals surface area (Å²) in [5.74, 6) is 0.755. The van der Waals surface area contributed by atoms with Gasteiger partial charge in [-0.3, -0.25) is 4.79 Å². The Balaban J connectivity index is 1.61. The van der Waals surface area contributed by atoms with Crippen LogP contribution in [0.3, 0.4) is 0 Å². The Morgan fingerprint density at radius 2 is 2.30 bits per heavy atom. The molecule has 0 unspecified atom stereocenters. The summed E-state index contributed by atoms with van der Waals surface area (Å²) in [5.41, 5.74) is 0. The van der Waals surface area contributed by atoms with Crippen LogP contribution in [0.25, 0.3) is 0 Å². The fourth-order valence-electron chi connectivity index (χ4n) is 3.82. The van der Waals surface area contributed by atoms with Crippen molar-refractivity contribution in [3.05, 3.63) is 12.2 Å². The van der Waals surface area contributed by atoms with Crippen molar-refractivity contribution in [1.29, 1.82) is 0 Å². The van der Waals surface area contributed by atoms with Crippen LogP contribution in [-0.2, 0) is 14.3 Å². The molecule has 1 aliphatic heterocycles. The van der Waals surface area contributed by atoms with E-state index in [1.54, 1.807) is 0 Å². The van der Waals surface area contributed by atoms with Crippen LogP contribution in [0.2, 0.25) is 0 Å². The van der Waals surface area contributed by atoms with Crippen molar-refractivity contribution >= 4 is 5.91 Å². The van der Waals surface area contributed by atoms with Crippen LogP contribution >= 0.6 is 0 Å². The first-order chi connectivity index (χ1) is 9.79. The number of rotatable bonds is 4. The Morgan fingerprint density at radius 1 is 1.40 bits per heavy atom. The lowest BCUT2D eigenvalue weighted by Gasteiger charge is -2.39. The molecule has 1 saturated heterocycles. The van der Waals surface area contributed by atoms with E-state index in [1.807, 2.05) is 6.92 Å². The molecule has 0 spiro atoms. The maximum absolute atomic E-state index is 12.6. The minimum absolute atomic E-state index is 0.0896. The molecule has 3 aliphatic rings. The maximum atomic E-state index is 12.6. The number of carbonyl (C=O) groups is 1. The summed E-state index contributed by atoms with van der Waals surface area (Å²) in [6.07, 6.45) is 9.61. The van der Waals surface area contributed by atoms with Gasteiger partial charge in [-0.15, -0.1) is 0 Å². The molecule has 0 aromatic carbocycles. The number of fused-ring (bicyclic) bond motifs is 1. The molecule has 1 heterocycles. The summed E-state index contributed by atoms with van der Waals surface area (Å²) < 4.78 is 11.6. The zero-order valence-electron chi connectivity index (χ0n) is 12.3. The molecule has 2 fully saturated rings. The molecule has 0 N–H and O–H groups in total. The average Bonchev–Trinajstić information content (AvgIpc) is 3.09. The lowest BCUT2D eigenvalue weighted by atomic mass is 10.0. The van der Waals surface area contributed by atoms with E-state index < -0.39 is 0 Å². The topological polar surface area (TPSA) is 38.8 Å². The zero-order chi connectivity index (χ0) is 13.9. The van der Waals surface area contributed by atoms with Gasteiger partial charge in [-0.1, -0.05) is 12.2 Å². The molecule has 4 atom stereocenters. The highest BCUT2D eigenvalue weighted by atomic mass is 16.5. The van der Waals surface area contributed by atoms with Crippen molar-refractivity contribution in [2.75, 3.05) is 19.8 Å².